The Morgan fingerprint density at radius 2 is 1.77 bits per heavy atom. The first kappa shape index (κ1) is 18.2. The second-order valence-corrected chi connectivity index (χ2v) is 7.50. The number of fused-ring (bicyclic) bond motifs is 2. The molecule has 0 saturated heterocycles. The van der Waals surface area contributed by atoms with Crippen molar-refractivity contribution in [2.75, 3.05) is 12.1 Å². The third-order valence-corrected chi connectivity index (χ3v) is 5.19. The number of anilines is 1. The SMILES string of the molecule is Cc1cc(C)c2oc(-c3ccc(C)c(NC(=O)c4ccc5c(c4)OCO5)c3)nc2c1. The first-order valence-electron chi connectivity index (χ1n) is 9.68. The largest absolute Gasteiger partial charge is 0.454 e. The molecule has 30 heavy (non-hydrogen) atoms. The van der Waals surface area contributed by atoms with Gasteiger partial charge in [0, 0.05) is 16.8 Å². The molecule has 0 bridgehead atoms. The summed E-state index contributed by atoms with van der Waals surface area (Å²) in [5.41, 5.74) is 6.73. The minimum atomic E-state index is -0.224. The number of rotatable bonds is 3. The van der Waals surface area contributed by atoms with Crippen LogP contribution in [0.15, 0.2) is 52.9 Å². The number of aromatic nitrogens is 1. The Hall–Kier alpha value is -3.80. The fourth-order valence-corrected chi connectivity index (χ4v) is 3.62. The van der Waals surface area contributed by atoms with Crippen LogP contribution in [-0.2, 0) is 0 Å². The highest BCUT2D eigenvalue weighted by Gasteiger charge is 2.17. The number of carbonyl (C=O) groups is 1. The van der Waals surface area contributed by atoms with Crippen LogP contribution >= 0.6 is 0 Å². The molecule has 6 heteroatoms. The topological polar surface area (TPSA) is 73.6 Å². The Labute approximate surface area is 173 Å². The summed E-state index contributed by atoms with van der Waals surface area (Å²) < 4.78 is 16.7. The molecule has 0 saturated carbocycles. The summed E-state index contributed by atoms with van der Waals surface area (Å²) >= 11 is 0. The van der Waals surface area contributed by atoms with Crippen LogP contribution < -0.4 is 14.8 Å². The number of nitrogens with zero attached hydrogens (tertiary/aromatic N) is 1. The fourth-order valence-electron chi connectivity index (χ4n) is 3.62. The number of oxazole rings is 1. The molecular formula is C24H20N2O4. The van der Waals surface area contributed by atoms with Crippen LogP contribution in [0.25, 0.3) is 22.6 Å². The van der Waals surface area contributed by atoms with Gasteiger partial charge in [-0.1, -0.05) is 12.1 Å². The molecule has 1 aliphatic rings. The van der Waals surface area contributed by atoms with Gasteiger partial charge in [-0.25, -0.2) is 4.98 Å². The lowest BCUT2D eigenvalue weighted by atomic mass is 10.1. The Bertz CT molecular complexity index is 1310. The summed E-state index contributed by atoms with van der Waals surface area (Å²) in [4.78, 5) is 17.4. The summed E-state index contributed by atoms with van der Waals surface area (Å²) in [6.07, 6.45) is 0. The van der Waals surface area contributed by atoms with Crippen molar-refractivity contribution in [2.45, 2.75) is 20.8 Å². The number of amides is 1. The number of hydrogen-bond acceptors (Lipinski definition) is 5. The second-order valence-electron chi connectivity index (χ2n) is 7.50. The highest BCUT2D eigenvalue weighted by atomic mass is 16.7. The number of hydrogen-bond donors (Lipinski definition) is 1. The predicted molar refractivity (Wildman–Crippen MR) is 114 cm³/mol. The quantitative estimate of drug-likeness (QED) is 0.498. The smallest absolute Gasteiger partial charge is 0.255 e. The van der Waals surface area contributed by atoms with E-state index in [1.54, 1.807) is 18.2 Å². The van der Waals surface area contributed by atoms with E-state index in [1.165, 1.54) is 0 Å². The van der Waals surface area contributed by atoms with E-state index >= 15 is 0 Å². The average Bonchev–Trinajstić information content (AvgIpc) is 3.35. The minimum Gasteiger partial charge on any atom is -0.454 e. The van der Waals surface area contributed by atoms with Crippen molar-refractivity contribution in [3.05, 3.63) is 70.8 Å². The van der Waals surface area contributed by atoms with E-state index in [-0.39, 0.29) is 12.7 Å². The third kappa shape index (κ3) is 3.16. The van der Waals surface area contributed by atoms with Gasteiger partial charge in [0.25, 0.3) is 5.91 Å². The molecule has 0 radical (unpaired) electrons. The molecule has 0 unspecified atom stereocenters. The van der Waals surface area contributed by atoms with Gasteiger partial charge in [-0.05, 0) is 73.9 Å². The highest BCUT2D eigenvalue weighted by Crippen LogP contribution is 2.33. The molecule has 1 amide bonds. The van der Waals surface area contributed by atoms with Gasteiger partial charge in [-0.3, -0.25) is 4.79 Å². The van der Waals surface area contributed by atoms with Gasteiger partial charge in [0.1, 0.15) is 5.52 Å². The summed E-state index contributed by atoms with van der Waals surface area (Å²) in [5.74, 6) is 1.52. The summed E-state index contributed by atoms with van der Waals surface area (Å²) in [6.45, 7) is 6.16. The third-order valence-electron chi connectivity index (χ3n) is 5.19. The maximum Gasteiger partial charge on any atom is 0.255 e. The number of carbonyl (C=O) groups excluding carboxylic acids is 1. The van der Waals surface area contributed by atoms with Crippen molar-refractivity contribution < 1.29 is 18.7 Å². The van der Waals surface area contributed by atoms with Crippen LogP contribution in [0.4, 0.5) is 5.69 Å². The van der Waals surface area contributed by atoms with Crippen LogP contribution in [0.5, 0.6) is 11.5 Å². The van der Waals surface area contributed by atoms with Gasteiger partial charge in [0.05, 0.1) is 0 Å². The average molecular weight is 400 g/mol. The Kier molecular flexibility index (Phi) is 4.20. The van der Waals surface area contributed by atoms with E-state index in [0.717, 1.165) is 33.4 Å². The van der Waals surface area contributed by atoms with E-state index < -0.39 is 0 Å². The van der Waals surface area contributed by atoms with Gasteiger partial charge in [-0.2, -0.15) is 0 Å². The number of aryl methyl sites for hydroxylation is 3. The molecule has 1 N–H and O–H groups in total. The molecule has 0 atom stereocenters. The molecule has 1 aliphatic heterocycles. The molecule has 4 aromatic rings. The standard InChI is InChI=1S/C24H20N2O4/c1-13-8-15(3)22-19(9-13)26-24(30-22)17-5-4-14(2)18(10-17)25-23(27)16-6-7-20-21(11-16)29-12-28-20/h4-11H,12H2,1-3H3,(H,25,27). The summed E-state index contributed by atoms with van der Waals surface area (Å²) in [7, 11) is 0. The van der Waals surface area contributed by atoms with Gasteiger partial charge in [0.15, 0.2) is 17.1 Å². The zero-order chi connectivity index (χ0) is 20.8. The predicted octanol–water partition coefficient (Wildman–Crippen LogP) is 5.40. The lowest BCUT2D eigenvalue weighted by Gasteiger charge is -2.10. The molecule has 150 valence electrons. The maximum atomic E-state index is 12.8. The van der Waals surface area contributed by atoms with Crippen molar-refractivity contribution in [2.24, 2.45) is 0 Å². The molecule has 5 rings (SSSR count). The van der Waals surface area contributed by atoms with Gasteiger partial charge in [-0.15, -0.1) is 0 Å². The van der Waals surface area contributed by atoms with E-state index in [4.69, 9.17) is 13.9 Å². The van der Waals surface area contributed by atoms with Gasteiger partial charge >= 0.3 is 0 Å². The van der Waals surface area contributed by atoms with Gasteiger partial charge in [0.2, 0.25) is 12.7 Å². The first-order chi connectivity index (χ1) is 14.5. The van der Waals surface area contributed by atoms with E-state index in [2.05, 4.69) is 16.4 Å². The molecule has 0 aliphatic carbocycles. The van der Waals surface area contributed by atoms with Crippen molar-refractivity contribution >= 4 is 22.7 Å². The molecule has 0 spiro atoms. The van der Waals surface area contributed by atoms with Crippen LogP contribution in [0.1, 0.15) is 27.0 Å². The lowest BCUT2D eigenvalue weighted by Crippen LogP contribution is -2.12. The van der Waals surface area contributed by atoms with Crippen molar-refractivity contribution in [3.63, 3.8) is 0 Å². The monoisotopic (exact) mass is 400 g/mol. The van der Waals surface area contributed by atoms with E-state index in [1.807, 2.05) is 45.0 Å². The van der Waals surface area contributed by atoms with Crippen molar-refractivity contribution in [1.29, 1.82) is 0 Å². The molecule has 0 fully saturated rings. The van der Waals surface area contributed by atoms with Crippen LogP contribution in [0.2, 0.25) is 0 Å². The Balaban J connectivity index is 1.46. The first-order valence-corrected chi connectivity index (χ1v) is 9.68. The minimum absolute atomic E-state index is 0.172. The van der Waals surface area contributed by atoms with Gasteiger partial charge < -0.3 is 19.2 Å². The molecule has 6 nitrogen and oxygen atoms in total. The fraction of sp³-hybridized carbons (Fsp3) is 0.167. The molecule has 2 heterocycles. The lowest BCUT2D eigenvalue weighted by molar-refractivity contribution is 0.102. The van der Waals surface area contributed by atoms with Crippen molar-refractivity contribution in [3.8, 4) is 23.0 Å². The number of ether oxygens (including phenoxy) is 2. The van der Waals surface area contributed by atoms with E-state index in [0.29, 0.717) is 28.6 Å². The number of nitrogens with one attached hydrogen (secondary N) is 1. The zero-order valence-electron chi connectivity index (χ0n) is 16.9. The normalized spacial score (nSPS) is 12.4. The second kappa shape index (κ2) is 6.91. The van der Waals surface area contributed by atoms with Crippen molar-refractivity contribution in [1.82, 2.24) is 4.98 Å². The molecule has 1 aromatic heterocycles. The Morgan fingerprint density at radius 1 is 0.933 bits per heavy atom. The summed E-state index contributed by atoms with van der Waals surface area (Å²) in [6, 6.07) is 15.0. The Morgan fingerprint density at radius 3 is 2.63 bits per heavy atom. The maximum absolute atomic E-state index is 12.8. The van der Waals surface area contributed by atoms with Crippen LogP contribution in [0.3, 0.4) is 0 Å². The van der Waals surface area contributed by atoms with Crippen LogP contribution in [0, 0.1) is 20.8 Å². The summed E-state index contributed by atoms with van der Waals surface area (Å²) in [5, 5.41) is 2.98. The highest BCUT2D eigenvalue weighted by molar-refractivity contribution is 6.05. The van der Waals surface area contributed by atoms with E-state index in [9.17, 15) is 4.79 Å². The van der Waals surface area contributed by atoms with Crippen LogP contribution in [-0.4, -0.2) is 17.7 Å². The number of benzene rings is 3. The zero-order valence-corrected chi connectivity index (χ0v) is 16.9. The molecule has 3 aromatic carbocycles. The molecular weight excluding hydrogens is 380 g/mol.